The Hall–Kier alpha value is -3.13. The summed E-state index contributed by atoms with van der Waals surface area (Å²) in [5.41, 5.74) is 2.94. The average Bonchev–Trinajstić information content (AvgIpc) is 3.26. The van der Waals surface area contributed by atoms with Crippen LogP contribution in [0.3, 0.4) is 0 Å². The lowest BCUT2D eigenvalue weighted by atomic mass is 10.0. The van der Waals surface area contributed by atoms with Crippen LogP contribution in [0.2, 0.25) is 0 Å². The number of hydrogen-bond acceptors (Lipinski definition) is 6. The molecule has 0 radical (unpaired) electrons. The van der Waals surface area contributed by atoms with Crippen LogP contribution in [-0.4, -0.2) is 35.8 Å². The molecule has 1 fully saturated rings. The Morgan fingerprint density at radius 2 is 2.19 bits per heavy atom. The van der Waals surface area contributed by atoms with Gasteiger partial charge in [0, 0.05) is 37.0 Å². The number of amides is 2. The van der Waals surface area contributed by atoms with Crippen molar-refractivity contribution < 1.29 is 18.7 Å². The van der Waals surface area contributed by atoms with E-state index < -0.39 is 0 Å². The Morgan fingerprint density at radius 1 is 1.30 bits per heavy atom. The number of oxazole rings is 1. The number of urea groups is 1. The molecule has 0 bridgehead atoms. The highest BCUT2D eigenvalue weighted by Crippen LogP contribution is 2.29. The fourth-order valence-corrected chi connectivity index (χ4v) is 3.20. The van der Waals surface area contributed by atoms with Crippen molar-refractivity contribution in [2.24, 2.45) is 0 Å². The molecule has 0 spiro atoms. The van der Waals surface area contributed by atoms with Crippen molar-refractivity contribution in [1.82, 2.24) is 15.3 Å². The number of aromatic nitrogens is 2. The highest BCUT2D eigenvalue weighted by atomic mass is 16.5. The summed E-state index contributed by atoms with van der Waals surface area (Å²) in [7, 11) is 1.57. The fraction of sp³-hybridized carbons (Fsp3) is 0.316. The molecule has 4 rings (SSSR count). The van der Waals surface area contributed by atoms with Crippen LogP contribution in [0.4, 0.5) is 10.5 Å². The summed E-state index contributed by atoms with van der Waals surface area (Å²) in [6, 6.07) is 8.59. The monoisotopic (exact) mass is 368 g/mol. The Bertz CT molecular complexity index is 954. The predicted molar refractivity (Wildman–Crippen MR) is 98.8 cm³/mol. The number of hydrogen-bond donors (Lipinski definition) is 2. The van der Waals surface area contributed by atoms with E-state index in [0.717, 1.165) is 12.0 Å². The molecule has 0 aliphatic carbocycles. The van der Waals surface area contributed by atoms with E-state index in [0.29, 0.717) is 35.2 Å². The van der Waals surface area contributed by atoms with Crippen LogP contribution < -0.4 is 15.4 Å². The number of nitrogens with zero attached hydrogens (tertiary/aromatic N) is 2. The number of carbonyl (C=O) groups excluding carboxylic acids is 1. The summed E-state index contributed by atoms with van der Waals surface area (Å²) >= 11 is 0. The molecule has 2 atom stereocenters. The van der Waals surface area contributed by atoms with Crippen molar-refractivity contribution in [2.75, 3.05) is 19.0 Å². The second kappa shape index (κ2) is 7.24. The number of pyridine rings is 1. The molecule has 2 aromatic heterocycles. The Kier molecular flexibility index (Phi) is 4.64. The van der Waals surface area contributed by atoms with Crippen molar-refractivity contribution in [1.29, 1.82) is 0 Å². The molecule has 1 aromatic carbocycles. The van der Waals surface area contributed by atoms with Crippen molar-refractivity contribution in [3.63, 3.8) is 0 Å². The van der Waals surface area contributed by atoms with E-state index in [4.69, 9.17) is 13.9 Å². The molecule has 140 valence electrons. The second-order valence-corrected chi connectivity index (χ2v) is 6.33. The van der Waals surface area contributed by atoms with E-state index in [-0.39, 0.29) is 18.2 Å². The maximum Gasteiger partial charge on any atom is 0.319 e. The first-order valence-corrected chi connectivity index (χ1v) is 8.68. The van der Waals surface area contributed by atoms with Crippen LogP contribution >= 0.6 is 0 Å². The van der Waals surface area contributed by atoms with E-state index >= 15 is 0 Å². The highest BCUT2D eigenvalue weighted by molar-refractivity contribution is 5.91. The normalized spacial score (nSPS) is 19.2. The second-order valence-electron chi connectivity index (χ2n) is 6.33. The third-order valence-corrected chi connectivity index (χ3v) is 4.46. The van der Waals surface area contributed by atoms with Crippen LogP contribution in [0, 0.1) is 6.92 Å². The molecule has 0 saturated carbocycles. The molecule has 2 amide bonds. The number of anilines is 1. The van der Waals surface area contributed by atoms with Gasteiger partial charge in [0.15, 0.2) is 11.5 Å². The minimum Gasteiger partial charge on any atom is -0.481 e. The number of carbonyl (C=O) groups is 1. The Labute approximate surface area is 155 Å². The van der Waals surface area contributed by atoms with Gasteiger partial charge >= 0.3 is 6.03 Å². The third kappa shape index (κ3) is 3.70. The summed E-state index contributed by atoms with van der Waals surface area (Å²) in [5, 5.41) is 5.82. The zero-order valence-corrected chi connectivity index (χ0v) is 15.1. The number of ether oxygens (including phenoxy) is 2. The number of benzene rings is 1. The van der Waals surface area contributed by atoms with Gasteiger partial charge in [0.25, 0.3) is 0 Å². The fourth-order valence-electron chi connectivity index (χ4n) is 3.20. The molecule has 0 unspecified atom stereocenters. The van der Waals surface area contributed by atoms with Gasteiger partial charge < -0.3 is 24.5 Å². The minimum atomic E-state index is -0.295. The zero-order chi connectivity index (χ0) is 18.8. The van der Waals surface area contributed by atoms with E-state index in [9.17, 15) is 4.79 Å². The smallest absolute Gasteiger partial charge is 0.319 e. The van der Waals surface area contributed by atoms with E-state index in [1.54, 1.807) is 44.5 Å². The summed E-state index contributed by atoms with van der Waals surface area (Å²) in [6.45, 7) is 2.36. The van der Waals surface area contributed by atoms with Gasteiger partial charge in [0.05, 0.1) is 13.2 Å². The van der Waals surface area contributed by atoms with E-state index in [1.165, 1.54) is 0 Å². The van der Waals surface area contributed by atoms with Gasteiger partial charge in [-0.1, -0.05) is 0 Å². The topological polar surface area (TPSA) is 98.5 Å². The molecule has 8 nitrogen and oxygen atoms in total. The lowest BCUT2D eigenvalue weighted by Crippen LogP contribution is -2.39. The molecule has 3 heterocycles. The van der Waals surface area contributed by atoms with Crippen molar-refractivity contribution >= 4 is 22.8 Å². The van der Waals surface area contributed by atoms with Crippen molar-refractivity contribution in [2.45, 2.75) is 25.5 Å². The highest BCUT2D eigenvalue weighted by Gasteiger charge is 2.31. The average molecular weight is 368 g/mol. The number of methoxy groups -OCH3 is 1. The predicted octanol–water partition coefficient (Wildman–Crippen LogP) is 3.19. The van der Waals surface area contributed by atoms with Gasteiger partial charge in [-0.25, -0.2) is 14.8 Å². The van der Waals surface area contributed by atoms with Gasteiger partial charge in [-0.15, -0.1) is 0 Å². The van der Waals surface area contributed by atoms with Crippen LogP contribution in [-0.2, 0) is 4.74 Å². The zero-order valence-electron chi connectivity index (χ0n) is 15.1. The minimum absolute atomic E-state index is 0.141. The molecule has 1 aliphatic rings. The summed E-state index contributed by atoms with van der Waals surface area (Å²) < 4.78 is 16.3. The molecular formula is C19H20N4O4. The Morgan fingerprint density at radius 3 is 2.96 bits per heavy atom. The summed E-state index contributed by atoms with van der Waals surface area (Å²) in [4.78, 5) is 20.9. The van der Waals surface area contributed by atoms with E-state index in [2.05, 4.69) is 20.6 Å². The molecule has 2 N–H and O–H groups in total. The van der Waals surface area contributed by atoms with Gasteiger partial charge in [-0.05, 0) is 30.7 Å². The first kappa shape index (κ1) is 17.3. The maximum atomic E-state index is 12.4. The largest absolute Gasteiger partial charge is 0.481 e. The quantitative estimate of drug-likeness (QED) is 0.734. The number of nitrogens with one attached hydrogen (secondary N) is 2. The molecule has 1 saturated heterocycles. The van der Waals surface area contributed by atoms with Crippen LogP contribution in [0.15, 0.2) is 40.9 Å². The van der Waals surface area contributed by atoms with Crippen LogP contribution in [0.1, 0.15) is 24.0 Å². The Balaban J connectivity index is 1.42. The standard InChI is InChI=1S/C19H20N4O4/c1-11-21-15-9-13(4-5-16(15)27-11)22-19(24)23-14-7-8-26-18(14)12-3-6-17(25-2)20-10-12/h3-6,9-10,14,18H,7-8H2,1-2H3,(H2,22,23,24)/t14-,18+/m1/s1. The molecule has 3 aromatic rings. The molecule has 27 heavy (non-hydrogen) atoms. The molecular weight excluding hydrogens is 348 g/mol. The van der Waals surface area contributed by atoms with Crippen molar-refractivity contribution in [3.8, 4) is 5.88 Å². The number of fused-ring (bicyclic) bond motifs is 1. The summed E-state index contributed by atoms with van der Waals surface area (Å²) in [5.74, 6) is 1.13. The van der Waals surface area contributed by atoms with Gasteiger partial charge in [0.2, 0.25) is 5.88 Å². The maximum absolute atomic E-state index is 12.4. The molecule has 8 heteroatoms. The lowest BCUT2D eigenvalue weighted by molar-refractivity contribution is 0.100. The van der Waals surface area contributed by atoms with Crippen LogP contribution in [0.25, 0.3) is 11.1 Å². The van der Waals surface area contributed by atoms with Crippen LogP contribution in [0.5, 0.6) is 5.88 Å². The van der Waals surface area contributed by atoms with Gasteiger partial charge in [-0.2, -0.15) is 0 Å². The first-order chi connectivity index (χ1) is 13.1. The first-order valence-electron chi connectivity index (χ1n) is 8.68. The van der Waals surface area contributed by atoms with Crippen molar-refractivity contribution in [3.05, 3.63) is 48.0 Å². The van der Waals surface area contributed by atoms with E-state index in [1.807, 2.05) is 6.07 Å². The van der Waals surface area contributed by atoms with Gasteiger partial charge in [-0.3, -0.25) is 0 Å². The SMILES string of the molecule is COc1ccc([C@@H]2OCC[C@H]2NC(=O)Nc2ccc3oc(C)nc3c2)cn1. The number of aryl methyl sites for hydroxylation is 1. The lowest BCUT2D eigenvalue weighted by Gasteiger charge is -2.20. The van der Waals surface area contributed by atoms with Gasteiger partial charge in [0.1, 0.15) is 11.6 Å². The third-order valence-electron chi connectivity index (χ3n) is 4.46. The summed E-state index contributed by atoms with van der Waals surface area (Å²) in [6.07, 6.45) is 2.20. The molecule has 1 aliphatic heterocycles. The number of rotatable bonds is 4.